The van der Waals surface area contributed by atoms with Gasteiger partial charge >= 0.3 is 6.09 Å². The minimum Gasteiger partial charge on any atom is -0.506 e. The summed E-state index contributed by atoms with van der Waals surface area (Å²) in [7, 11) is 0. The van der Waals surface area contributed by atoms with Crippen molar-refractivity contribution in [2.75, 3.05) is 0 Å². The summed E-state index contributed by atoms with van der Waals surface area (Å²) in [6, 6.07) is 6.10. The molecular formula is C19H20Br2Cl2N2O5. The standard InChI is InChI=1S/C12H16BrClN2O3.C7H4BrClO2/c1-12(2,3)19-11(18)16-15-6-7-4-8(14)5-9(13)10(7)17;8-6-2-5(9)1-4(3-10)7(6)11/h4-5,15,17H,6H2,1-3H3,(H,16,18);1-3,11H. The Balaban J connectivity index is 0.000000346. The predicted molar refractivity (Wildman–Crippen MR) is 123 cm³/mol. The molecule has 164 valence electrons. The van der Waals surface area contributed by atoms with E-state index in [1.807, 2.05) is 0 Å². The maximum atomic E-state index is 11.4. The van der Waals surface area contributed by atoms with Crippen LogP contribution in [0.2, 0.25) is 10.0 Å². The third-order valence-electron chi connectivity index (χ3n) is 3.16. The normalized spacial score (nSPS) is 10.6. The molecule has 2 rings (SSSR count). The van der Waals surface area contributed by atoms with Crippen molar-refractivity contribution in [1.29, 1.82) is 0 Å². The number of phenolic OH excluding ortho intramolecular Hbond substituents is 2. The number of ether oxygens (including phenoxy) is 1. The molecule has 0 fully saturated rings. The average Bonchev–Trinajstić information content (AvgIpc) is 2.61. The van der Waals surface area contributed by atoms with E-state index in [0.29, 0.717) is 30.8 Å². The first-order chi connectivity index (χ1) is 13.8. The fraction of sp³-hybridized carbons (Fsp3) is 0.263. The first kappa shape index (κ1) is 26.5. The number of amides is 1. The second kappa shape index (κ2) is 11.8. The number of carbonyl (C=O) groups excluding carboxylic acids is 2. The molecule has 0 saturated heterocycles. The molecule has 2 aromatic rings. The van der Waals surface area contributed by atoms with Crippen LogP contribution in [0.5, 0.6) is 11.5 Å². The molecule has 0 aliphatic heterocycles. The van der Waals surface area contributed by atoms with E-state index < -0.39 is 11.7 Å². The molecule has 2 aromatic carbocycles. The molecule has 0 unspecified atom stereocenters. The Morgan fingerprint density at radius 3 is 2.13 bits per heavy atom. The Bertz CT molecular complexity index is 921. The van der Waals surface area contributed by atoms with Gasteiger partial charge in [0.15, 0.2) is 6.29 Å². The summed E-state index contributed by atoms with van der Waals surface area (Å²) in [6.07, 6.45) is -0.0421. The summed E-state index contributed by atoms with van der Waals surface area (Å²) in [4.78, 5) is 21.7. The third-order valence-corrected chi connectivity index (χ3v) is 4.81. The second-order valence-corrected chi connectivity index (χ2v) is 9.40. The summed E-state index contributed by atoms with van der Waals surface area (Å²) in [6.45, 7) is 5.52. The van der Waals surface area contributed by atoms with Gasteiger partial charge in [-0.15, -0.1) is 0 Å². The SMILES string of the molecule is CC(C)(C)OC(=O)NNCc1cc(Cl)cc(Br)c1O.O=Cc1cc(Cl)cc(Br)c1O. The third kappa shape index (κ3) is 9.09. The van der Waals surface area contributed by atoms with E-state index >= 15 is 0 Å². The van der Waals surface area contributed by atoms with Gasteiger partial charge in [-0.3, -0.25) is 10.2 Å². The monoisotopic (exact) mass is 584 g/mol. The number of aldehydes is 1. The lowest BCUT2D eigenvalue weighted by Gasteiger charge is -2.20. The molecule has 4 N–H and O–H groups in total. The van der Waals surface area contributed by atoms with Crippen LogP contribution in [0.3, 0.4) is 0 Å². The maximum absolute atomic E-state index is 11.4. The molecule has 0 saturated carbocycles. The number of carbonyl (C=O) groups is 2. The zero-order valence-corrected chi connectivity index (χ0v) is 20.9. The van der Waals surface area contributed by atoms with Gasteiger partial charge in [-0.25, -0.2) is 10.2 Å². The fourth-order valence-corrected chi connectivity index (χ4v) is 3.65. The number of halogens is 4. The molecule has 0 aromatic heterocycles. The Kier molecular flexibility index (Phi) is 10.4. The van der Waals surface area contributed by atoms with Gasteiger partial charge in [0.2, 0.25) is 0 Å². The number of hydrazine groups is 1. The Morgan fingerprint density at radius 2 is 1.60 bits per heavy atom. The van der Waals surface area contributed by atoms with E-state index in [4.69, 9.17) is 27.9 Å². The minimum absolute atomic E-state index is 0.0721. The summed E-state index contributed by atoms with van der Waals surface area (Å²) in [5.41, 5.74) is 5.20. The molecular weight excluding hydrogens is 567 g/mol. The quantitative estimate of drug-likeness (QED) is 0.260. The van der Waals surface area contributed by atoms with Crippen molar-refractivity contribution in [3.8, 4) is 11.5 Å². The highest BCUT2D eigenvalue weighted by Crippen LogP contribution is 2.31. The first-order valence-corrected chi connectivity index (χ1v) is 10.7. The van der Waals surface area contributed by atoms with Gasteiger partial charge in [-0.1, -0.05) is 23.2 Å². The van der Waals surface area contributed by atoms with Gasteiger partial charge in [-0.2, -0.15) is 0 Å². The highest BCUT2D eigenvalue weighted by molar-refractivity contribution is 9.10. The molecule has 11 heteroatoms. The van der Waals surface area contributed by atoms with E-state index in [0.717, 1.165) is 0 Å². The zero-order valence-electron chi connectivity index (χ0n) is 16.2. The molecule has 1 amide bonds. The second-order valence-electron chi connectivity index (χ2n) is 6.82. The van der Waals surface area contributed by atoms with Crippen LogP contribution in [-0.2, 0) is 11.3 Å². The van der Waals surface area contributed by atoms with Crippen LogP contribution in [0.15, 0.2) is 33.2 Å². The molecule has 0 radical (unpaired) electrons. The summed E-state index contributed by atoms with van der Waals surface area (Å²) >= 11 is 17.7. The lowest BCUT2D eigenvalue weighted by Crippen LogP contribution is -2.40. The van der Waals surface area contributed by atoms with Crippen molar-refractivity contribution in [2.45, 2.75) is 32.9 Å². The topological polar surface area (TPSA) is 108 Å². The lowest BCUT2D eigenvalue weighted by atomic mass is 10.2. The van der Waals surface area contributed by atoms with Gasteiger partial charge in [0, 0.05) is 22.2 Å². The Morgan fingerprint density at radius 1 is 1.07 bits per heavy atom. The summed E-state index contributed by atoms with van der Waals surface area (Å²) in [5, 5.41) is 19.9. The largest absolute Gasteiger partial charge is 0.506 e. The zero-order chi connectivity index (χ0) is 23.1. The minimum atomic E-state index is -0.590. The average molecular weight is 587 g/mol. The highest BCUT2D eigenvalue weighted by atomic mass is 79.9. The molecule has 0 atom stereocenters. The summed E-state index contributed by atoms with van der Waals surface area (Å²) in [5.74, 6) is -0.00714. The fourth-order valence-electron chi connectivity index (χ4n) is 1.94. The van der Waals surface area contributed by atoms with Crippen molar-refractivity contribution >= 4 is 67.4 Å². The van der Waals surface area contributed by atoms with Crippen LogP contribution < -0.4 is 10.9 Å². The number of hydrogen-bond donors (Lipinski definition) is 4. The van der Waals surface area contributed by atoms with Crippen LogP contribution in [0.4, 0.5) is 4.79 Å². The van der Waals surface area contributed by atoms with Gasteiger partial charge in [0.1, 0.15) is 17.1 Å². The maximum Gasteiger partial charge on any atom is 0.422 e. The Hall–Kier alpha value is -1.52. The molecule has 7 nitrogen and oxygen atoms in total. The lowest BCUT2D eigenvalue weighted by molar-refractivity contribution is 0.0496. The molecule has 0 bridgehead atoms. The van der Waals surface area contributed by atoms with Crippen LogP contribution in [0.25, 0.3) is 0 Å². The van der Waals surface area contributed by atoms with Gasteiger partial charge in [0.05, 0.1) is 14.5 Å². The molecule has 30 heavy (non-hydrogen) atoms. The number of phenols is 2. The van der Waals surface area contributed by atoms with Crippen molar-refractivity contribution in [2.24, 2.45) is 0 Å². The smallest absolute Gasteiger partial charge is 0.422 e. The first-order valence-electron chi connectivity index (χ1n) is 8.36. The van der Waals surface area contributed by atoms with E-state index in [2.05, 4.69) is 42.7 Å². The molecule has 0 aliphatic rings. The number of rotatable bonds is 4. The number of aromatic hydroxyl groups is 2. The van der Waals surface area contributed by atoms with Crippen LogP contribution in [0.1, 0.15) is 36.7 Å². The molecule has 0 heterocycles. The number of nitrogens with one attached hydrogen (secondary N) is 2. The molecule has 0 aliphatic carbocycles. The van der Waals surface area contributed by atoms with E-state index in [1.165, 1.54) is 12.1 Å². The van der Waals surface area contributed by atoms with Crippen molar-refractivity contribution in [3.63, 3.8) is 0 Å². The number of benzene rings is 2. The van der Waals surface area contributed by atoms with Crippen LogP contribution in [-0.4, -0.2) is 28.2 Å². The predicted octanol–water partition coefficient (Wildman–Crippen LogP) is 5.96. The van der Waals surface area contributed by atoms with Gasteiger partial charge in [0.25, 0.3) is 0 Å². The van der Waals surface area contributed by atoms with Gasteiger partial charge in [-0.05, 0) is 76.9 Å². The summed E-state index contributed by atoms with van der Waals surface area (Å²) < 4.78 is 5.96. The van der Waals surface area contributed by atoms with Gasteiger partial charge < -0.3 is 14.9 Å². The molecule has 0 spiro atoms. The van der Waals surface area contributed by atoms with E-state index in [-0.39, 0.29) is 23.6 Å². The number of hydrogen-bond acceptors (Lipinski definition) is 6. The van der Waals surface area contributed by atoms with E-state index in [9.17, 15) is 19.8 Å². The Labute approximate surface area is 200 Å². The van der Waals surface area contributed by atoms with E-state index in [1.54, 1.807) is 32.9 Å². The van der Waals surface area contributed by atoms with Crippen molar-refractivity contribution in [1.82, 2.24) is 10.9 Å². The van der Waals surface area contributed by atoms with Crippen LogP contribution >= 0.6 is 55.1 Å². The van der Waals surface area contributed by atoms with Crippen molar-refractivity contribution < 1.29 is 24.5 Å². The highest BCUT2D eigenvalue weighted by Gasteiger charge is 2.16. The van der Waals surface area contributed by atoms with Crippen molar-refractivity contribution in [3.05, 3.63) is 54.4 Å². The van der Waals surface area contributed by atoms with Crippen LogP contribution in [0, 0.1) is 0 Å².